The molecule has 2 aromatic carbocycles. The van der Waals surface area contributed by atoms with E-state index in [1.54, 1.807) is 0 Å². The number of aryl methyl sites for hydroxylation is 1. The second kappa shape index (κ2) is 8.67. The van der Waals surface area contributed by atoms with E-state index in [0.717, 1.165) is 22.6 Å². The van der Waals surface area contributed by atoms with Crippen LogP contribution in [0, 0.1) is 6.92 Å². The number of hydrogen-bond donors (Lipinski definition) is 1. The number of anilines is 1. The van der Waals surface area contributed by atoms with Gasteiger partial charge >= 0.3 is 0 Å². The third-order valence-electron chi connectivity index (χ3n) is 4.29. The summed E-state index contributed by atoms with van der Waals surface area (Å²) in [6.45, 7) is 8.65. The van der Waals surface area contributed by atoms with E-state index in [1.807, 2.05) is 76.2 Å². The average molecular weight is 341 g/mol. The van der Waals surface area contributed by atoms with Gasteiger partial charge in [-0.15, -0.1) is 0 Å². The zero-order valence-electron chi connectivity index (χ0n) is 15.5. The lowest BCUT2D eigenvalue weighted by molar-refractivity contribution is -0.139. The van der Waals surface area contributed by atoms with Gasteiger partial charge in [0.15, 0.2) is 0 Å². The molecule has 134 valence electrons. The van der Waals surface area contributed by atoms with Crippen LogP contribution in [0.2, 0.25) is 0 Å². The highest BCUT2D eigenvalue weighted by Crippen LogP contribution is 2.25. The van der Waals surface area contributed by atoms with Gasteiger partial charge in [0.2, 0.25) is 0 Å². The highest BCUT2D eigenvalue weighted by molar-refractivity contribution is 5.97. The van der Waals surface area contributed by atoms with Crippen molar-refractivity contribution in [2.75, 3.05) is 11.9 Å². The summed E-state index contributed by atoms with van der Waals surface area (Å²) in [6, 6.07) is 15.7. The SMILES string of the molecule is CCOC(C)(CC)C(=O)Nc1ccc(OCc2ccccc2)c(C)c1. The Labute approximate surface area is 150 Å². The standard InChI is InChI=1S/C21H27NO3/c1-5-21(4,25-6-2)20(23)22-18-12-13-19(16(3)14-18)24-15-17-10-8-7-9-11-17/h7-14H,5-6,15H2,1-4H3,(H,22,23). The topological polar surface area (TPSA) is 47.6 Å². The van der Waals surface area contributed by atoms with Crippen LogP contribution >= 0.6 is 0 Å². The molecule has 0 aliphatic heterocycles. The Morgan fingerprint density at radius 2 is 1.84 bits per heavy atom. The minimum absolute atomic E-state index is 0.130. The second-order valence-corrected chi connectivity index (χ2v) is 6.23. The van der Waals surface area contributed by atoms with Crippen molar-refractivity contribution in [2.45, 2.75) is 46.3 Å². The lowest BCUT2D eigenvalue weighted by Gasteiger charge is -2.26. The molecule has 1 unspecified atom stereocenters. The van der Waals surface area contributed by atoms with E-state index in [2.05, 4.69) is 5.32 Å². The van der Waals surface area contributed by atoms with Crippen molar-refractivity contribution >= 4 is 11.6 Å². The lowest BCUT2D eigenvalue weighted by Crippen LogP contribution is -2.42. The van der Waals surface area contributed by atoms with Crippen molar-refractivity contribution in [3.63, 3.8) is 0 Å². The quantitative estimate of drug-likeness (QED) is 0.756. The predicted molar refractivity (Wildman–Crippen MR) is 101 cm³/mol. The van der Waals surface area contributed by atoms with Crippen LogP contribution in [0.15, 0.2) is 48.5 Å². The van der Waals surface area contributed by atoms with Gasteiger partial charge < -0.3 is 14.8 Å². The monoisotopic (exact) mass is 341 g/mol. The smallest absolute Gasteiger partial charge is 0.256 e. The molecule has 0 radical (unpaired) electrons. The van der Waals surface area contributed by atoms with Gasteiger partial charge in [-0.3, -0.25) is 4.79 Å². The van der Waals surface area contributed by atoms with Gasteiger partial charge in [-0.25, -0.2) is 0 Å². The molecule has 2 rings (SSSR count). The molecule has 0 fully saturated rings. The molecule has 0 saturated carbocycles. The molecule has 0 aliphatic rings. The van der Waals surface area contributed by atoms with Gasteiger partial charge in [0.05, 0.1) is 0 Å². The van der Waals surface area contributed by atoms with Gasteiger partial charge in [0.25, 0.3) is 5.91 Å². The average Bonchev–Trinajstić information content (AvgIpc) is 2.62. The lowest BCUT2D eigenvalue weighted by atomic mass is 10.0. The zero-order valence-corrected chi connectivity index (χ0v) is 15.5. The maximum Gasteiger partial charge on any atom is 0.256 e. The Bertz CT molecular complexity index is 700. The molecule has 0 saturated heterocycles. The summed E-state index contributed by atoms with van der Waals surface area (Å²) < 4.78 is 11.5. The maximum atomic E-state index is 12.5. The first-order valence-corrected chi connectivity index (χ1v) is 8.71. The Hall–Kier alpha value is -2.33. The van der Waals surface area contributed by atoms with Gasteiger partial charge in [0.1, 0.15) is 18.0 Å². The predicted octanol–water partition coefficient (Wildman–Crippen LogP) is 4.72. The number of nitrogens with one attached hydrogen (secondary N) is 1. The molecule has 1 N–H and O–H groups in total. The fourth-order valence-electron chi connectivity index (χ4n) is 2.53. The van der Waals surface area contributed by atoms with E-state index in [4.69, 9.17) is 9.47 Å². The Balaban J connectivity index is 2.02. The Morgan fingerprint density at radius 3 is 2.44 bits per heavy atom. The fraction of sp³-hybridized carbons (Fsp3) is 0.381. The highest BCUT2D eigenvalue weighted by Gasteiger charge is 2.31. The second-order valence-electron chi connectivity index (χ2n) is 6.23. The summed E-state index contributed by atoms with van der Waals surface area (Å²) >= 11 is 0. The summed E-state index contributed by atoms with van der Waals surface area (Å²) in [6.07, 6.45) is 0.615. The van der Waals surface area contributed by atoms with Crippen molar-refractivity contribution in [2.24, 2.45) is 0 Å². The van der Waals surface area contributed by atoms with Crippen LogP contribution in [0.25, 0.3) is 0 Å². The normalized spacial score (nSPS) is 13.1. The van der Waals surface area contributed by atoms with Crippen LogP contribution in [0.3, 0.4) is 0 Å². The fourth-order valence-corrected chi connectivity index (χ4v) is 2.53. The molecule has 2 aromatic rings. The number of amides is 1. The van der Waals surface area contributed by atoms with E-state index in [0.29, 0.717) is 19.6 Å². The van der Waals surface area contributed by atoms with E-state index in [-0.39, 0.29) is 5.91 Å². The molecule has 0 spiro atoms. The van der Waals surface area contributed by atoms with Crippen molar-refractivity contribution in [1.82, 2.24) is 0 Å². The minimum atomic E-state index is -0.814. The summed E-state index contributed by atoms with van der Waals surface area (Å²) in [4.78, 5) is 12.5. The van der Waals surface area contributed by atoms with Crippen molar-refractivity contribution in [3.05, 3.63) is 59.7 Å². The first-order valence-electron chi connectivity index (χ1n) is 8.71. The third kappa shape index (κ3) is 5.07. The van der Waals surface area contributed by atoms with Gasteiger partial charge in [-0.2, -0.15) is 0 Å². The molecule has 0 heterocycles. The number of benzene rings is 2. The largest absolute Gasteiger partial charge is 0.489 e. The van der Waals surface area contributed by atoms with Crippen LogP contribution in [-0.2, 0) is 16.1 Å². The molecule has 4 heteroatoms. The molecule has 0 aromatic heterocycles. The van der Waals surface area contributed by atoms with E-state index < -0.39 is 5.60 Å². The van der Waals surface area contributed by atoms with Crippen LogP contribution in [-0.4, -0.2) is 18.1 Å². The van der Waals surface area contributed by atoms with Crippen LogP contribution < -0.4 is 10.1 Å². The first kappa shape index (κ1) is 19.0. The first-order chi connectivity index (χ1) is 12.0. The molecule has 25 heavy (non-hydrogen) atoms. The van der Waals surface area contributed by atoms with Crippen molar-refractivity contribution in [3.8, 4) is 5.75 Å². The Kier molecular flexibility index (Phi) is 6.59. The summed E-state index contributed by atoms with van der Waals surface area (Å²) in [7, 11) is 0. The van der Waals surface area contributed by atoms with Crippen LogP contribution in [0.5, 0.6) is 5.75 Å². The summed E-state index contributed by atoms with van der Waals surface area (Å²) in [5.41, 5.74) is 2.03. The molecule has 0 aliphatic carbocycles. The van der Waals surface area contributed by atoms with Crippen molar-refractivity contribution < 1.29 is 14.3 Å². The Morgan fingerprint density at radius 1 is 1.12 bits per heavy atom. The van der Waals surface area contributed by atoms with E-state index >= 15 is 0 Å². The number of ether oxygens (including phenoxy) is 2. The van der Waals surface area contributed by atoms with Gasteiger partial charge in [-0.05, 0) is 56.5 Å². The molecular formula is C21H27NO3. The summed E-state index contributed by atoms with van der Waals surface area (Å²) in [5, 5.41) is 2.94. The number of rotatable bonds is 8. The molecular weight excluding hydrogens is 314 g/mol. The maximum absolute atomic E-state index is 12.5. The number of carbonyl (C=O) groups excluding carboxylic acids is 1. The van der Waals surface area contributed by atoms with Crippen molar-refractivity contribution in [1.29, 1.82) is 0 Å². The minimum Gasteiger partial charge on any atom is -0.489 e. The molecule has 0 bridgehead atoms. The number of hydrogen-bond acceptors (Lipinski definition) is 3. The molecule has 1 atom stereocenters. The van der Waals surface area contributed by atoms with Gasteiger partial charge in [-0.1, -0.05) is 37.3 Å². The van der Waals surface area contributed by atoms with E-state index in [9.17, 15) is 4.79 Å². The van der Waals surface area contributed by atoms with Crippen LogP contribution in [0.4, 0.5) is 5.69 Å². The van der Waals surface area contributed by atoms with Gasteiger partial charge in [0, 0.05) is 12.3 Å². The third-order valence-corrected chi connectivity index (χ3v) is 4.29. The highest BCUT2D eigenvalue weighted by atomic mass is 16.5. The van der Waals surface area contributed by atoms with Crippen LogP contribution in [0.1, 0.15) is 38.3 Å². The van der Waals surface area contributed by atoms with E-state index in [1.165, 1.54) is 0 Å². The molecule has 1 amide bonds. The summed E-state index contributed by atoms with van der Waals surface area (Å²) in [5.74, 6) is 0.680. The number of carbonyl (C=O) groups is 1. The molecule has 4 nitrogen and oxygen atoms in total. The zero-order chi connectivity index (χ0) is 18.3.